The number of fused-ring (bicyclic) bond motifs is 10. The molecule has 0 aliphatic carbocycles. The summed E-state index contributed by atoms with van der Waals surface area (Å²) in [6.07, 6.45) is 6.92. The van der Waals surface area contributed by atoms with Gasteiger partial charge in [0.15, 0.2) is 27.1 Å². The highest BCUT2D eigenvalue weighted by molar-refractivity contribution is 6.48. The summed E-state index contributed by atoms with van der Waals surface area (Å²) in [6, 6.07) is 37.9. The highest BCUT2D eigenvalue weighted by atomic mass is 35.5. The Balaban J connectivity index is 0.000000129. The van der Waals surface area contributed by atoms with Crippen molar-refractivity contribution in [1.82, 2.24) is 22.8 Å². The van der Waals surface area contributed by atoms with Crippen molar-refractivity contribution in [1.29, 1.82) is 0 Å². The van der Waals surface area contributed by atoms with Crippen molar-refractivity contribution in [3.8, 4) is 0 Å². The maximum Gasteiger partial charge on any atom is 0.323 e. The topological polar surface area (TPSA) is 331 Å². The van der Waals surface area contributed by atoms with Crippen LogP contribution in [-0.4, -0.2) is 171 Å². The quantitative estimate of drug-likeness (QED) is 0.0595. The van der Waals surface area contributed by atoms with Gasteiger partial charge < -0.3 is 82.3 Å². The average Bonchev–Trinajstić information content (AvgIpc) is 0.759. The number of piperidine rings is 2. The average molecular weight is 2030 g/mol. The number of pyridine rings is 5. The van der Waals surface area contributed by atoms with Crippen molar-refractivity contribution in [3.05, 3.63) is 251 Å². The molecule has 19 rings (SSSR count). The summed E-state index contributed by atoms with van der Waals surface area (Å²) in [4.78, 5) is 134. The minimum Gasteiger partial charge on any atom is -0.480 e. The summed E-state index contributed by atoms with van der Waals surface area (Å²) in [5, 5.41) is 53.6. The minimum atomic E-state index is -1.03. The van der Waals surface area contributed by atoms with Crippen molar-refractivity contribution in [2.24, 2.45) is 0 Å². The lowest BCUT2D eigenvalue weighted by Crippen LogP contribution is -2.36. The van der Waals surface area contributed by atoms with E-state index in [1.54, 1.807) is 97.1 Å². The molecule has 4 fully saturated rings. The van der Waals surface area contributed by atoms with Crippen LogP contribution in [0.5, 0.6) is 0 Å². The maximum atomic E-state index is 13.2. The molecule has 9 heterocycles. The first-order valence-corrected chi connectivity index (χ1v) is 46.9. The van der Waals surface area contributed by atoms with Crippen LogP contribution in [0.2, 0.25) is 50.2 Å². The van der Waals surface area contributed by atoms with E-state index in [1.165, 1.54) is 17.4 Å². The molecule has 0 amide bonds. The van der Waals surface area contributed by atoms with Crippen molar-refractivity contribution in [2.45, 2.75) is 92.0 Å². The number of carboxylic acid groups (broad SMARTS) is 5. The summed E-state index contributed by atoms with van der Waals surface area (Å²) in [7, 11) is 3.78. The molecule has 15 aromatic rings. The Hall–Kier alpha value is -11.3. The van der Waals surface area contributed by atoms with Gasteiger partial charge in [-0.05, 0) is 209 Å². The zero-order valence-corrected chi connectivity index (χ0v) is 80.9. The molecule has 135 heavy (non-hydrogen) atoms. The Morgan fingerprint density at radius 3 is 0.815 bits per heavy atom. The summed E-state index contributed by atoms with van der Waals surface area (Å²) in [6.45, 7) is 13.5. The monoisotopic (exact) mass is 2030 g/mol. The number of hydrogen-bond donors (Lipinski definition) is 5. The number of hydrogen-bond acceptors (Lipinski definition) is 17. The number of morpholine rings is 2. The van der Waals surface area contributed by atoms with Crippen molar-refractivity contribution < 1.29 is 59.0 Å². The molecular formula is C98H88Cl10N10O17. The van der Waals surface area contributed by atoms with Crippen molar-refractivity contribution in [3.63, 3.8) is 0 Å². The van der Waals surface area contributed by atoms with Gasteiger partial charge >= 0.3 is 29.8 Å². The Morgan fingerprint density at radius 2 is 0.526 bits per heavy atom. The Morgan fingerprint density at radius 1 is 0.289 bits per heavy atom. The lowest BCUT2D eigenvalue weighted by molar-refractivity contribution is -0.138. The molecule has 702 valence electrons. The van der Waals surface area contributed by atoms with Gasteiger partial charge in [0.1, 0.15) is 32.7 Å². The van der Waals surface area contributed by atoms with Gasteiger partial charge in [-0.3, -0.25) is 47.9 Å². The number of ether oxygens (including phenoxy) is 2. The molecule has 5 aromatic heterocycles. The van der Waals surface area contributed by atoms with Gasteiger partial charge in [-0.25, -0.2) is 0 Å². The van der Waals surface area contributed by atoms with Crippen LogP contribution in [0.1, 0.15) is 55.2 Å². The lowest BCUT2D eigenvalue weighted by atomic mass is 10.0. The first kappa shape index (κ1) is 98.2. The molecule has 0 unspecified atom stereocenters. The second kappa shape index (κ2) is 41.3. The molecule has 0 radical (unpaired) electrons. The number of aliphatic carboxylic acids is 5. The second-order valence-corrected chi connectivity index (χ2v) is 37.3. The first-order chi connectivity index (χ1) is 64.4. The fraction of sp³-hybridized carbons (Fsp3) is 0.286. The van der Waals surface area contributed by atoms with Crippen LogP contribution < -0.4 is 51.6 Å². The number of rotatable bonds is 15. The SMILES string of the molecule is Cc1cc2c(=O)c3ccc(Cl)c(Cl)c3n(CC(=O)O)c2cc1N(C)C.Cc1cc2c(=O)c3ccc(Cl)c(Cl)c3n(CC(=O)O)c2cc1N1CCCCC1.Cc1cc2c(=O)c3ccc(Cl)c(Cl)c3n(CC(=O)O)c2cc1N1CCOCC1.O=C(O)Cn1c2cc(N3CCCCC3)ccc2c(=O)c2ccc(Cl)c(Cl)c21.O=C(O)Cn1c2cc(N3CCOCC3)ccc2c(=O)c2ccc(Cl)c(Cl)c21. The molecule has 4 aliphatic rings. The molecule has 0 bridgehead atoms. The summed E-state index contributed by atoms with van der Waals surface area (Å²) >= 11 is 62.6. The minimum absolute atomic E-state index is 0.168. The van der Waals surface area contributed by atoms with E-state index in [1.807, 2.05) is 94.4 Å². The fourth-order valence-corrected chi connectivity index (χ4v) is 20.5. The maximum absolute atomic E-state index is 13.2. The lowest BCUT2D eigenvalue weighted by Gasteiger charge is -2.30. The molecule has 37 heteroatoms. The number of benzene rings is 10. The van der Waals surface area contributed by atoms with Crippen LogP contribution in [0.25, 0.3) is 109 Å². The summed E-state index contributed by atoms with van der Waals surface area (Å²) in [5.74, 6) is -5.12. The number of carboxylic acids is 5. The van der Waals surface area contributed by atoms with Crippen molar-refractivity contribution >= 4 is 283 Å². The van der Waals surface area contributed by atoms with E-state index in [0.717, 1.165) is 123 Å². The Kier molecular flexibility index (Phi) is 30.1. The third-order valence-corrected chi connectivity index (χ3v) is 28.6. The summed E-state index contributed by atoms with van der Waals surface area (Å²) in [5.41, 5.74) is 11.1. The predicted octanol–water partition coefficient (Wildman–Crippen LogP) is 20.4. The van der Waals surface area contributed by atoms with Gasteiger partial charge in [-0.1, -0.05) is 116 Å². The van der Waals surface area contributed by atoms with Gasteiger partial charge in [-0.15, -0.1) is 0 Å². The second-order valence-electron chi connectivity index (χ2n) is 33.4. The predicted molar refractivity (Wildman–Crippen MR) is 544 cm³/mol. The zero-order valence-electron chi connectivity index (χ0n) is 73.4. The van der Waals surface area contributed by atoms with Gasteiger partial charge in [0, 0.05) is 149 Å². The largest absolute Gasteiger partial charge is 0.480 e. The van der Waals surface area contributed by atoms with E-state index >= 15 is 0 Å². The molecule has 0 spiro atoms. The highest BCUT2D eigenvalue weighted by Crippen LogP contribution is 2.42. The van der Waals surface area contributed by atoms with Crippen LogP contribution in [0.3, 0.4) is 0 Å². The van der Waals surface area contributed by atoms with Crippen LogP contribution in [0, 0.1) is 20.8 Å². The fourth-order valence-electron chi connectivity index (χ4n) is 18.4. The molecule has 0 saturated carbocycles. The highest BCUT2D eigenvalue weighted by Gasteiger charge is 2.29. The molecule has 4 aliphatic heterocycles. The number of carbonyl (C=O) groups is 5. The normalized spacial score (nSPS) is 14.1. The molecule has 10 aromatic carbocycles. The van der Waals surface area contributed by atoms with E-state index in [-0.39, 0.29) is 110 Å². The van der Waals surface area contributed by atoms with E-state index in [9.17, 15) is 73.5 Å². The van der Waals surface area contributed by atoms with Gasteiger partial charge in [-0.2, -0.15) is 0 Å². The van der Waals surface area contributed by atoms with E-state index in [0.29, 0.717) is 135 Å². The van der Waals surface area contributed by atoms with Gasteiger partial charge in [0.25, 0.3) is 0 Å². The third-order valence-electron chi connectivity index (χ3n) is 24.6. The zero-order chi connectivity index (χ0) is 96.7. The van der Waals surface area contributed by atoms with Crippen LogP contribution >= 0.6 is 116 Å². The Bertz CT molecular complexity index is 7390. The molecule has 5 N–H and O–H groups in total. The van der Waals surface area contributed by atoms with Crippen LogP contribution in [-0.2, 0) is 66.2 Å². The number of aromatic nitrogens is 5. The number of anilines is 5. The first-order valence-electron chi connectivity index (χ1n) is 43.1. The van der Waals surface area contributed by atoms with E-state index in [4.69, 9.17) is 125 Å². The molecular weight excluding hydrogens is 1940 g/mol. The molecule has 27 nitrogen and oxygen atoms in total. The Labute approximate surface area is 819 Å². The van der Waals surface area contributed by atoms with Gasteiger partial charge in [0.2, 0.25) is 0 Å². The van der Waals surface area contributed by atoms with Crippen LogP contribution in [0.15, 0.2) is 157 Å². The van der Waals surface area contributed by atoms with Crippen molar-refractivity contribution in [2.75, 3.05) is 117 Å². The number of halogens is 10. The third kappa shape index (κ3) is 19.9. The molecule has 0 atom stereocenters. The number of nitrogens with zero attached hydrogens (tertiary/aromatic N) is 10. The molecule has 4 saturated heterocycles. The van der Waals surface area contributed by atoms with Crippen LogP contribution in [0.4, 0.5) is 28.4 Å². The smallest absolute Gasteiger partial charge is 0.323 e. The van der Waals surface area contributed by atoms with E-state index < -0.39 is 29.8 Å². The van der Waals surface area contributed by atoms with Gasteiger partial charge in [0.05, 0.1) is 132 Å². The standard InChI is InChI=1S/C21H20Cl2N2O3.C20H18Cl2N2O4.C20H18Cl2N2O3.C19H16Cl2N2O4.C18H16Cl2N2O3/c1-12-9-14-17(10-16(12)24-7-3-2-4-8-24)25(11-18(26)27)20-13(21(14)28)5-6-15(22)19(20)23;1-11-8-13-16(9-15(11)23-4-6-28-7-5-23)24(10-17(25)26)19-12(20(13)27)2-3-14(21)18(19)22;21-15-7-6-14-19(18(15)22)24(11-17(25)26)16-10-12(4-5-13(16)20(14)27)23-8-2-1-3-9-23;20-14-4-3-13-18(17(14)21)23(10-16(24)25)15-9-11(1-2-12(15)19(13)26)22-5-7-27-8-6-22;1-9-6-11-14(7-13(9)21(2)3)22(8-15(23)24)17-10(18(11)25)4-5-12(19)16(17)20/h5-6,9-10H,2-4,7-8,11H2,1H3,(H,26,27);2-3,8-9H,4-7,10H2,1H3,(H,25,26);4-7,10H,1-3,8-9,11H2,(H,25,26);1-4,9H,5-8,10H2,(H,24,25);4-7H,8H2,1-3H3,(H,23,24). The van der Waals surface area contributed by atoms with E-state index in [2.05, 4.69) is 19.6 Å². The summed E-state index contributed by atoms with van der Waals surface area (Å²) < 4.78 is 18.6. The number of aryl methyl sites for hydroxylation is 3.